The SMILES string of the molecule is CCN(Cc1ccncc1)C(=O)N=c1sc(C)cn1-c1ccc2c(c1)OC(F)(F)O2. The van der Waals surface area contributed by atoms with Crippen LogP contribution in [0.15, 0.2) is 53.9 Å². The van der Waals surface area contributed by atoms with E-state index >= 15 is 0 Å². The lowest BCUT2D eigenvalue weighted by molar-refractivity contribution is -0.286. The van der Waals surface area contributed by atoms with Gasteiger partial charge < -0.3 is 14.4 Å². The maximum absolute atomic E-state index is 13.3. The normalized spacial score (nSPS) is 14.7. The first kappa shape index (κ1) is 20.0. The van der Waals surface area contributed by atoms with Crippen LogP contribution in [0.3, 0.4) is 0 Å². The van der Waals surface area contributed by atoms with Gasteiger partial charge in [0.1, 0.15) is 0 Å². The number of rotatable bonds is 4. The first-order valence-corrected chi connectivity index (χ1v) is 9.98. The molecular formula is C20H18F2N4O3S. The molecule has 0 saturated heterocycles. The minimum absolute atomic E-state index is 0.0413. The van der Waals surface area contributed by atoms with Crippen molar-refractivity contribution in [2.45, 2.75) is 26.7 Å². The average molecular weight is 432 g/mol. The second kappa shape index (κ2) is 7.86. The van der Waals surface area contributed by atoms with Crippen molar-refractivity contribution in [3.05, 3.63) is 64.2 Å². The number of aryl methyl sites for hydroxylation is 1. The van der Waals surface area contributed by atoms with Crippen molar-refractivity contribution in [3.8, 4) is 17.2 Å². The number of aromatic nitrogens is 2. The summed E-state index contributed by atoms with van der Waals surface area (Å²) in [5, 5.41) is 0. The molecule has 0 bridgehead atoms. The fourth-order valence-corrected chi connectivity index (χ4v) is 3.81. The van der Waals surface area contributed by atoms with E-state index in [-0.39, 0.29) is 11.5 Å². The zero-order valence-electron chi connectivity index (χ0n) is 16.2. The maximum atomic E-state index is 13.3. The van der Waals surface area contributed by atoms with Crippen molar-refractivity contribution < 1.29 is 23.0 Å². The Balaban J connectivity index is 1.65. The first-order valence-electron chi connectivity index (χ1n) is 9.16. The molecule has 156 valence electrons. The van der Waals surface area contributed by atoms with E-state index in [4.69, 9.17) is 0 Å². The quantitative estimate of drug-likeness (QED) is 0.622. The van der Waals surface area contributed by atoms with E-state index in [1.165, 1.54) is 23.5 Å². The molecule has 30 heavy (non-hydrogen) atoms. The second-order valence-electron chi connectivity index (χ2n) is 6.56. The van der Waals surface area contributed by atoms with Gasteiger partial charge in [0.2, 0.25) is 0 Å². The van der Waals surface area contributed by atoms with Gasteiger partial charge in [0.05, 0.1) is 5.69 Å². The van der Waals surface area contributed by atoms with Crippen LogP contribution in [0.1, 0.15) is 17.4 Å². The largest absolute Gasteiger partial charge is 0.586 e. The number of thiazole rings is 1. The van der Waals surface area contributed by atoms with Crippen LogP contribution in [0.25, 0.3) is 5.69 Å². The van der Waals surface area contributed by atoms with Crippen molar-refractivity contribution in [2.75, 3.05) is 6.54 Å². The molecule has 0 saturated carbocycles. The highest BCUT2D eigenvalue weighted by molar-refractivity contribution is 7.09. The van der Waals surface area contributed by atoms with Gasteiger partial charge in [0.15, 0.2) is 16.3 Å². The Hall–Kier alpha value is -3.27. The Bertz CT molecular complexity index is 1140. The summed E-state index contributed by atoms with van der Waals surface area (Å²) < 4.78 is 37.3. The molecule has 1 aliphatic heterocycles. The molecule has 4 rings (SSSR count). The molecule has 1 aromatic carbocycles. The van der Waals surface area contributed by atoms with Crippen LogP contribution < -0.4 is 14.3 Å². The number of halogens is 2. The van der Waals surface area contributed by atoms with E-state index in [0.29, 0.717) is 23.6 Å². The highest BCUT2D eigenvalue weighted by atomic mass is 32.1. The summed E-state index contributed by atoms with van der Waals surface area (Å²) in [7, 11) is 0. The molecule has 7 nitrogen and oxygen atoms in total. The topological polar surface area (TPSA) is 69.0 Å². The number of urea groups is 1. The van der Waals surface area contributed by atoms with Crippen molar-refractivity contribution in [1.29, 1.82) is 0 Å². The molecule has 0 aliphatic carbocycles. The zero-order chi connectivity index (χ0) is 21.3. The molecule has 0 spiro atoms. The molecule has 3 heterocycles. The maximum Gasteiger partial charge on any atom is 0.586 e. The summed E-state index contributed by atoms with van der Waals surface area (Å²) in [6.07, 6.45) is 1.44. The number of carbonyl (C=O) groups excluding carboxylic acids is 1. The lowest BCUT2D eigenvalue weighted by Crippen LogP contribution is -2.29. The number of amides is 2. The van der Waals surface area contributed by atoms with Crippen molar-refractivity contribution in [2.24, 2.45) is 4.99 Å². The number of pyridine rings is 1. The predicted molar refractivity (Wildman–Crippen MR) is 106 cm³/mol. The number of nitrogens with zero attached hydrogens (tertiary/aromatic N) is 4. The van der Waals surface area contributed by atoms with Crippen LogP contribution in [0.5, 0.6) is 11.5 Å². The van der Waals surface area contributed by atoms with Crippen molar-refractivity contribution in [1.82, 2.24) is 14.5 Å². The van der Waals surface area contributed by atoms with Crippen molar-refractivity contribution >= 4 is 17.4 Å². The van der Waals surface area contributed by atoms with Gasteiger partial charge in [-0.1, -0.05) is 0 Å². The molecular weight excluding hydrogens is 414 g/mol. The van der Waals surface area contributed by atoms with E-state index in [1.54, 1.807) is 34.1 Å². The van der Waals surface area contributed by atoms with E-state index in [9.17, 15) is 13.6 Å². The number of hydrogen-bond acceptors (Lipinski definition) is 5. The molecule has 2 aromatic heterocycles. The standard InChI is InChI=1S/C20H18F2N4O3S/c1-3-25(12-14-6-8-23-9-7-14)18(27)24-19-26(11-13(2)30-19)15-4-5-16-17(10-15)29-20(21,22)28-16/h4-11H,3,12H2,1-2H3. The highest BCUT2D eigenvalue weighted by Crippen LogP contribution is 2.41. The van der Waals surface area contributed by atoms with Crippen LogP contribution in [-0.4, -0.2) is 33.3 Å². The van der Waals surface area contributed by atoms with Crippen LogP contribution in [0, 0.1) is 6.92 Å². The molecule has 0 unspecified atom stereocenters. The molecule has 0 N–H and O–H groups in total. The number of alkyl halides is 2. The highest BCUT2D eigenvalue weighted by Gasteiger charge is 2.43. The summed E-state index contributed by atoms with van der Waals surface area (Å²) in [5.41, 5.74) is 1.48. The summed E-state index contributed by atoms with van der Waals surface area (Å²) in [6, 6.07) is 7.73. The molecule has 0 radical (unpaired) electrons. The van der Waals surface area contributed by atoms with Gasteiger partial charge in [-0.25, -0.2) is 4.79 Å². The van der Waals surface area contributed by atoms with Crippen LogP contribution >= 0.6 is 11.3 Å². The zero-order valence-corrected chi connectivity index (χ0v) is 17.0. The number of benzene rings is 1. The van der Waals surface area contributed by atoms with E-state index < -0.39 is 12.3 Å². The predicted octanol–water partition coefficient (Wildman–Crippen LogP) is 4.11. The summed E-state index contributed by atoms with van der Waals surface area (Å²) >= 11 is 1.32. The summed E-state index contributed by atoms with van der Waals surface area (Å²) in [6.45, 7) is 4.64. The Labute approximate surface area is 174 Å². The molecule has 0 fully saturated rings. The summed E-state index contributed by atoms with van der Waals surface area (Å²) in [4.78, 5) is 24.0. The Morgan fingerprint density at radius 2 is 1.97 bits per heavy atom. The van der Waals surface area contributed by atoms with Gasteiger partial charge in [-0.3, -0.25) is 9.55 Å². The third-order valence-electron chi connectivity index (χ3n) is 4.40. The van der Waals surface area contributed by atoms with Crippen LogP contribution in [0.2, 0.25) is 0 Å². The van der Waals surface area contributed by atoms with Gasteiger partial charge >= 0.3 is 12.3 Å². The van der Waals surface area contributed by atoms with Gasteiger partial charge in [-0.05, 0) is 43.7 Å². The first-order chi connectivity index (χ1) is 14.3. The fraction of sp³-hybridized carbons (Fsp3) is 0.250. The minimum atomic E-state index is -3.69. The Morgan fingerprint density at radius 3 is 2.70 bits per heavy atom. The average Bonchev–Trinajstić information content (AvgIpc) is 3.23. The minimum Gasteiger partial charge on any atom is -0.395 e. The molecule has 2 amide bonds. The number of carbonyl (C=O) groups is 1. The Morgan fingerprint density at radius 1 is 1.23 bits per heavy atom. The number of ether oxygens (including phenoxy) is 2. The van der Waals surface area contributed by atoms with E-state index in [0.717, 1.165) is 10.4 Å². The second-order valence-corrected chi connectivity index (χ2v) is 7.77. The number of hydrogen-bond donors (Lipinski definition) is 0. The third-order valence-corrected chi connectivity index (χ3v) is 5.30. The molecule has 3 aromatic rings. The third kappa shape index (κ3) is 4.18. The molecule has 10 heteroatoms. The molecule has 1 aliphatic rings. The van der Waals surface area contributed by atoms with Gasteiger partial charge in [0, 0.05) is 42.6 Å². The molecule has 0 atom stereocenters. The summed E-state index contributed by atoms with van der Waals surface area (Å²) in [5.74, 6) is -0.112. The van der Waals surface area contributed by atoms with Crippen molar-refractivity contribution in [3.63, 3.8) is 0 Å². The number of fused-ring (bicyclic) bond motifs is 1. The van der Waals surface area contributed by atoms with E-state index in [1.807, 2.05) is 26.0 Å². The smallest absolute Gasteiger partial charge is 0.395 e. The van der Waals surface area contributed by atoms with Crippen LogP contribution in [0.4, 0.5) is 13.6 Å². The lowest BCUT2D eigenvalue weighted by Gasteiger charge is -2.18. The Kier molecular flexibility index (Phi) is 5.25. The van der Waals surface area contributed by atoms with Gasteiger partial charge in [-0.15, -0.1) is 20.1 Å². The lowest BCUT2D eigenvalue weighted by atomic mass is 10.2. The van der Waals surface area contributed by atoms with E-state index in [2.05, 4.69) is 19.5 Å². The fourth-order valence-electron chi connectivity index (χ4n) is 2.98. The van der Waals surface area contributed by atoms with Gasteiger partial charge in [-0.2, -0.15) is 4.99 Å². The monoisotopic (exact) mass is 432 g/mol. The van der Waals surface area contributed by atoms with Crippen LogP contribution in [-0.2, 0) is 6.54 Å². The van der Waals surface area contributed by atoms with Gasteiger partial charge in [0.25, 0.3) is 0 Å².